The van der Waals surface area contributed by atoms with Gasteiger partial charge in [0.05, 0.1) is 11.5 Å². The number of amides is 1. The standard InChI is InChI=1S/C18H19N5O5/c1-2-28-18(25)15(17(24)20-12-8-4-3-5-9-12)16(19)22-21-13-10-6-7-11-14(13)23(26)27/h3-11,21,25H,2H2,1H3,(H2,19,22)(H,20,24). The van der Waals surface area contributed by atoms with E-state index < -0.39 is 28.2 Å². The average Bonchev–Trinajstić information content (AvgIpc) is 2.67. The Morgan fingerprint density at radius 1 is 1.21 bits per heavy atom. The molecule has 0 bridgehead atoms. The number of anilines is 2. The monoisotopic (exact) mass is 385 g/mol. The smallest absolute Gasteiger partial charge is 0.294 e. The lowest BCUT2D eigenvalue weighted by Gasteiger charge is -2.11. The van der Waals surface area contributed by atoms with Crippen LogP contribution in [0.25, 0.3) is 0 Å². The number of rotatable bonds is 8. The Morgan fingerprint density at radius 2 is 1.86 bits per heavy atom. The van der Waals surface area contributed by atoms with Crippen LogP contribution >= 0.6 is 0 Å². The van der Waals surface area contributed by atoms with Gasteiger partial charge in [-0.15, -0.1) is 0 Å². The molecule has 0 aliphatic rings. The molecule has 2 aromatic carbocycles. The van der Waals surface area contributed by atoms with Crippen LogP contribution in [0.4, 0.5) is 17.1 Å². The number of nitro benzene ring substituents is 1. The van der Waals surface area contributed by atoms with E-state index >= 15 is 0 Å². The first kappa shape index (κ1) is 20.2. The summed E-state index contributed by atoms with van der Waals surface area (Å²) in [6.45, 7) is 1.70. The van der Waals surface area contributed by atoms with Gasteiger partial charge in [-0.25, -0.2) is 0 Å². The summed E-state index contributed by atoms with van der Waals surface area (Å²) < 4.78 is 4.98. The minimum absolute atomic E-state index is 0.0640. The van der Waals surface area contributed by atoms with Crippen molar-refractivity contribution in [2.24, 2.45) is 10.8 Å². The molecule has 2 aromatic rings. The molecule has 0 radical (unpaired) electrons. The number of para-hydroxylation sites is 3. The number of nitrogens with zero attached hydrogens (tertiary/aromatic N) is 2. The molecule has 28 heavy (non-hydrogen) atoms. The summed E-state index contributed by atoms with van der Waals surface area (Å²) in [4.78, 5) is 23.0. The van der Waals surface area contributed by atoms with Gasteiger partial charge >= 0.3 is 0 Å². The van der Waals surface area contributed by atoms with Crippen molar-refractivity contribution in [1.82, 2.24) is 0 Å². The summed E-state index contributed by atoms with van der Waals surface area (Å²) in [6.07, 6.45) is 0. The molecule has 146 valence electrons. The van der Waals surface area contributed by atoms with E-state index in [2.05, 4.69) is 15.8 Å². The Hall–Kier alpha value is -4.08. The minimum atomic E-state index is -0.761. The van der Waals surface area contributed by atoms with E-state index in [1.807, 2.05) is 0 Å². The molecule has 0 atom stereocenters. The highest BCUT2D eigenvalue weighted by molar-refractivity contribution is 6.24. The number of aliphatic hydroxyl groups is 1. The molecular weight excluding hydrogens is 366 g/mol. The Balaban J connectivity index is 2.31. The van der Waals surface area contributed by atoms with Gasteiger partial charge in [-0.3, -0.25) is 20.3 Å². The molecule has 0 heterocycles. The van der Waals surface area contributed by atoms with Gasteiger partial charge in [-0.1, -0.05) is 30.3 Å². The van der Waals surface area contributed by atoms with Gasteiger partial charge in [-0.05, 0) is 25.1 Å². The molecule has 0 unspecified atom stereocenters. The molecule has 0 aromatic heterocycles. The molecule has 1 amide bonds. The molecule has 0 saturated heterocycles. The van der Waals surface area contributed by atoms with Crippen LogP contribution in [0.3, 0.4) is 0 Å². The number of nitro groups is 1. The minimum Gasteiger partial charge on any atom is -0.480 e. The number of amidine groups is 1. The summed E-state index contributed by atoms with van der Waals surface area (Å²) in [5.74, 6) is -1.90. The molecule has 0 aliphatic heterocycles. The fourth-order valence-corrected chi connectivity index (χ4v) is 2.15. The Labute approximate surface area is 160 Å². The molecule has 5 N–H and O–H groups in total. The lowest BCUT2D eigenvalue weighted by molar-refractivity contribution is -0.384. The number of carbonyl (C=O) groups is 1. The number of hydrogen-bond donors (Lipinski definition) is 4. The van der Waals surface area contributed by atoms with Crippen molar-refractivity contribution in [2.45, 2.75) is 6.92 Å². The lowest BCUT2D eigenvalue weighted by Crippen LogP contribution is -2.29. The van der Waals surface area contributed by atoms with Crippen LogP contribution in [-0.4, -0.2) is 28.4 Å². The number of carbonyl (C=O) groups excluding carboxylic acids is 1. The maximum Gasteiger partial charge on any atom is 0.294 e. The zero-order chi connectivity index (χ0) is 20.5. The van der Waals surface area contributed by atoms with Crippen LogP contribution in [0.15, 0.2) is 71.2 Å². The molecule has 10 nitrogen and oxygen atoms in total. The van der Waals surface area contributed by atoms with Gasteiger partial charge in [0.25, 0.3) is 17.5 Å². The molecule has 2 rings (SSSR count). The van der Waals surface area contributed by atoms with Crippen molar-refractivity contribution >= 4 is 28.8 Å². The molecule has 10 heteroatoms. The SMILES string of the molecule is CCOC(O)=C(C(=O)Nc1ccccc1)C(N)=NNc1ccccc1[N+](=O)[O-]. The Morgan fingerprint density at radius 3 is 2.50 bits per heavy atom. The van der Waals surface area contributed by atoms with Crippen molar-refractivity contribution in [3.8, 4) is 0 Å². The first-order chi connectivity index (χ1) is 13.4. The average molecular weight is 385 g/mol. The van der Waals surface area contributed by atoms with E-state index in [-0.39, 0.29) is 18.0 Å². The molecule has 0 aliphatic carbocycles. The van der Waals surface area contributed by atoms with E-state index in [1.165, 1.54) is 18.2 Å². The number of hydrazone groups is 1. The number of nitrogens with one attached hydrogen (secondary N) is 2. The third kappa shape index (κ3) is 5.21. The molecular formula is C18H19N5O5. The van der Waals surface area contributed by atoms with E-state index in [9.17, 15) is 20.0 Å². The first-order valence-electron chi connectivity index (χ1n) is 8.19. The van der Waals surface area contributed by atoms with Gasteiger partial charge in [0.2, 0.25) is 0 Å². The van der Waals surface area contributed by atoms with E-state index in [0.717, 1.165) is 0 Å². The summed E-state index contributed by atoms with van der Waals surface area (Å²) >= 11 is 0. The van der Waals surface area contributed by atoms with E-state index in [4.69, 9.17) is 10.5 Å². The fourth-order valence-electron chi connectivity index (χ4n) is 2.15. The third-order valence-corrected chi connectivity index (χ3v) is 3.41. The molecule has 0 spiro atoms. The van der Waals surface area contributed by atoms with Crippen molar-refractivity contribution in [3.63, 3.8) is 0 Å². The summed E-state index contributed by atoms with van der Waals surface area (Å²) in [5, 5.41) is 27.5. The fraction of sp³-hybridized carbons (Fsp3) is 0.111. The largest absolute Gasteiger partial charge is 0.480 e. The maximum absolute atomic E-state index is 12.6. The van der Waals surface area contributed by atoms with Crippen LogP contribution in [0.2, 0.25) is 0 Å². The summed E-state index contributed by atoms with van der Waals surface area (Å²) in [6, 6.07) is 14.3. The quantitative estimate of drug-likeness (QED) is 0.136. The van der Waals surface area contributed by atoms with Gasteiger partial charge in [0.1, 0.15) is 5.69 Å². The predicted molar refractivity (Wildman–Crippen MR) is 105 cm³/mol. The number of ether oxygens (including phenoxy) is 1. The number of aliphatic hydroxyl groups excluding tert-OH is 1. The number of benzene rings is 2. The maximum atomic E-state index is 12.6. The highest BCUT2D eigenvalue weighted by atomic mass is 16.6. The summed E-state index contributed by atoms with van der Waals surface area (Å²) in [5.41, 5.74) is 8.15. The number of nitrogens with two attached hydrogens (primary N) is 1. The zero-order valence-electron chi connectivity index (χ0n) is 15.0. The Bertz CT molecular complexity index is 912. The van der Waals surface area contributed by atoms with Crippen LogP contribution in [0.1, 0.15) is 6.92 Å². The lowest BCUT2D eigenvalue weighted by atomic mass is 10.2. The Kier molecular flexibility index (Phi) is 6.92. The predicted octanol–water partition coefficient (Wildman–Crippen LogP) is 2.72. The van der Waals surface area contributed by atoms with Gasteiger partial charge < -0.3 is 20.9 Å². The van der Waals surface area contributed by atoms with Crippen LogP contribution in [0, 0.1) is 10.1 Å². The van der Waals surface area contributed by atoms with E-state index in [1.54, 1.807) is 43.3 Å². The number of hydrogen-bond acceptors (Lipinski definition) is 7. The van der Waals surface area contributed by atoms with Crippen molar-refractivity contribution in [3.05, 3.63) is 76.2 Å². The van der Waals surface area contributed by atoms with Gasteiger partial charge in [0.15, 0.2) is 11.4 Å². The molecule has 0 saturated carbocycles. The second-order valence-corrected chi connectivity index (χ2v) is 5.32. The third-order valence-electron chi connectivity index (χ3n) is 3.41. The first-order valence-corrected chi connectivity index (χ1v) is 8.19. The van der Waals surface area contributed by atoms with Crippen LogP contribution in [-0.2, 0) is 9.53 Å². The summed E-state index contributed by atoms with van der Waals surface area (Å²) in [7, 11) is 0. The second-order valence-electron chi connectivity index (χ2n) is 5.32. The van der Waals surface area contributed by atoms with Crippen molar-refractivity contribution in [1.29, 1.82) is 0 Å². The zero-order valence-corrected chi connectivity index (χ0v) is 15.0. The molecule has 0 fully saturated rings. The topological polar surface area (TPSA) is 152 Å². The van der Waals surface area contributed by atoms with Crippen molar-refractivity contribution < 1.29 is 19.6 Å². The van der Waals surface area contributed by atoms with Crippen LogP contribution in [0.5, 0.6) is 0 Å². The second kappa shape index (κ2) is 9.57. The highest BCUT2D eigenvalue weighted by Crippen LogP contribution is 2.23. The highest BCUT2D eigenvalue weighted by Gasteiger charge is 2.22. The van der Waals surface area contributed by atoms with Crippen molar-refractivity contribution in [2.75, 3.05) is 17.3 Å². The van der Waals surface area contributed by atoms with Gasteiger partial charge in [0, 0.05) is 11.8 Å². The van der Waals surface area contributed by atoms with Crippen LogP contribution < -0.4 is 16.5 Å². The van der Waals surface area contributed by atoms with Gasteiger partial charge in [-0.2, -0.15) is 5.10 Å². The normalized spacial score (nSPS) is 12.0. The van der Waals surface area contributed by atoms with E-state index in [0.29, 0.717) is 5.69 Å².